The Labute approximate surface area is 206 Å². The van der Waals surface area contributed by atoms with Gasteiger partial charge in [0.1, 0.15) is 11.6 Å². The second kappa shape index (κ2) is 9.50. The Kier molecular flexibility index (Phi) is 6.25. The van der Waals surface area contributed by atoms with E-state index in [2.05, 4.69) is 56.3 Å². The Hall–Kier alpha value is -3.72. The van der Waals surface area contributed by atoms with Gasteiger partial charge in [0.25, 0.3) is 0 Å². The first-order valence-corrected chi connectivity index (χ1v) is 12.2. The van der Waals surface area contributed by atoms with Gasteiger partial charge in [0.05, 0.1) is 12.7 Å². The summed E-state index contributed by atoms with van der Waals surface area (Å²) in [5.74, 6) is -0.338. The summed E-state index contributed by atoms with van der Waals surface area (Å²) in [4.78, 5) is 11.3. The fourth-order valence-corrected chi connectivity index (χ4v) is 5.41. The highest BCUT2D eigenvalue weighted by molar-refractivity contribution is 5.86. The van der Waals surface area contributed by atoms with Crippen molar-refractivity contribution in [2.45, 2.75) is 39.5 Å². The van der Waals surface area contributed by atoms with Gasteiger partial charge >= 0.3 is 0 Å². The molecule has 0 aromatic heterocycles. The first-order chi connectivity index (χ1) is 17.0. The largest absolute Gasteiger partial charge is 0.496 e. The van der Waals surface area contributed by atoms with E-state index in [9.17, 15) is 9.18 Å². The number of fused-ring (bicyclic) bond motifs is 1. The molecule has 5 rings (SSSR count). The van der Waals surface area contributed by atoms with Crippen LogP contribution in [0.3, 0.4) is 0 Å². The SMILES string of the molecule is COc1cc(-c2cccc(-c3cccc(-c4ccc5c(c4)CCCC5)c3C)c2C)cc(F)c1C=O. The number of carbonyl (C=O) groups is 1. The van der Waals surface area contributed by atoms with Crippen molar-refractivity contribution in [1.82, 2.24) is 0 Å². The zero-order valence-corrected chi connectivity index (χ0v) is 20.5. The first-order valence-electron chi connectivity index (χ1n) is 12.2. The number of rotatable bonds is 5. The van der Waals surface area contributed by atoms with Crippen LogP contribution in [0.5, 0.6) is 5.75 Å². The number of benzene rings is 4. The molecule has 176 valence electrons. The Morgan fingerprint density at radius 1 is 0.743 bits per heavy atom. The van der Waals surface area contributed by atoms with E-state index < -0.39 is 5.82 Å². The van der Waals surface area contributed by atoms with Crippen LogP contribution < -0.4 is 4.74 Å². The van der Waals surface area contributed by atoms with Gasteiger partial charge < -0.3 is 4.74 Å². The fraction of sp³-hybridized carbons (Fsp3) is 0.219. The molecule has 0 fully saturated rings. The average Bonchev–Trinajstić information content (AvgIpc) is 2.88. The molecule has 35 heavy (non-hydrogen) atoms. The Morgan fingerprint density at radius 2 is 1.34 bits per heavy atom. The van der Waals surface area contributed by atoms with E-state index in [-0.39, 0.29) is 11.3 Å². The summed E-state index contributed by atoms with van der Waals surface area (Å²) >= 11 is 0. The minimum atomic E-state index is -0.579. The summed E-state index contributed by atoms with van der Waals surface area (Å²) in [6.45, 7) is 4.24. The van der Waals surface area contributed by atoms with Crippen LogP contribution >= 0.6 is 0 Å². The van der Waals surface area contributed by atoms with E-state index in [1.807, 2.05) is 12.1 Å². The van der Waals surface area contributed by atoms with Crippen molar-refractivity contribution >= 4 is 6.29 Å². The van der Waals surface area contributed by atoms with Gasteiger partial charge in [0.2, 0.25) is 0 Å². The average molecular weight is 465 g/mol. The van der Waals surface area contributed by atoms with Crippen molar-refractivity contribution in [3.63, 3.8) is 0 Å². The monoisotopic (exact) mass is 464 g/mol. The molecule has 0 N–H and O–H groups in total. The second-order valence-electron chi connectivity index (χ2n) is 9.34. The normalized spacial score (nSPS) is 12.8. The molecule has 0 radical (unpaired) electrons. The van der Waals surface area contributed by atoms with Gasteiger partial charge in [0, 0.05) is 0 Å². The number of halogens is 1. The van der Waals surface area contributed by atoms with Gasteiger partial charge in [-0.1, -0.05) is 54.6 Å². The highest BCUT2D eigenvalue weighted by Crippen LogP contribution is 2.39. The topological polar surface area (TPSA) is 26.3 Å². The lowest BCUT2D eigenvalue weighted by atomic mass is 9.85. The molecule has 2 nitrogen and oxygen atoms in total. The molecule has 0 atom stereocenters. The summed E-state index contributed by atoms with van der Waals surface area (Å²) in [5.41, 5.74) is 11.6. The van der Waals surface area contributed by atoms with Crippen molar-refractivity contribution in [1.29, 1.82) is 0 Å². The van der Waals surface area contributed by atoms with Crippen molar-refractivity contribution in [3.05, 3.63) is 100 Å². The van der Waals surface area contributed by atoms with Crippen LogP contribution in [-0.4, -0.2) is 13.4 Å². The molecule has 0 bridgehead atoms. The van der Waals surface area contributed by atoms with E-state index in [4.69, 9.17) is 4.74 Å². The number of ether oxygens (including phenoxy) is 1. The highest BCUT2D eigenvalue weighted by atomic mass is 19.1. The molecular weight excluding hydrogens is 435 g/mol. The van der Waals surface area contributed by atoms with Crippen LogP contribution in [0.2, 0.25) is 0 Å². The number of hydrogen-bond acceptors (Lipinski definition) is 2. The van der Waals surface area contributed by atoms with Crippen molar-refractivity contribution in [3.8, 4) is 39.1 Å². The molecule has 0 spiro atoms. The Balaban J connectivity index is 1.61. The summed E-state index contributed by atoms with van der Waals surface area (Å²) in [6.07, 6.45) is 5.38. The second-order valence-corrected chi connectivity index (χ2v) is 9.34. The first kappa shape index (κ1) is 23.0. The summed E-state index contributed by atoms with van der Waals surface area (Å²) in [5, 5.41) is 0. The smallest absolute Gasteiger partial charge is 0.156 e. The standard InChI is InChI=1S/C32H29FO2/c1-20-26(24-15-14-22-8-4-5-9-23(22)16-24)10-6-12-28(20)29-13-7-11-27(21(29)2)25-17-31(33)30(19-34)32(18-25)35-3/h6-7,10-19H,4-5,8-9H2,1-3H3. The van der Waals surface area contributed by atoms with E-state index in [1.165, 1.54) is 60.3 Å². The van der Waals surface area contributed by atoms with Crippen molar-refractivity contribution < 1.29 is 13.9 Å². The van der Waals surface area contributed by atoms with Crippen LogP contribution in [0.4, 0.5) is 4.39 Å². The predicted molar refractivity (Wildman–Crippen MR) is 141 cm³/mol. The summed E-state index contributed by atoms with van der Waals surface area (Å²) < 4.78 is 19.9. The molecule has 0 unspecified atom stereocenters. The molecule has 1 aliphatic rings. The minimum Gasteiger partial charge on any atom is -0.496 e. The molecule has 0 amide bonds. The number of aldehydes is 1. The molecule has 4 aromatic carbocycles. The molecule has 0 heterocycles. The fourth-order valence-electron chi connectivity index (χ4n) is 5.41. The van der Waals surface area contributed by atoms with E-state index in [0.717, 1.165) is 28.7 Å². The molecule has 3 heteroatoms. The number of aryl methyl sites for hydroxylation is 2. The Bertz CT molecular complexity index is 1430. The third-order valence-corrected chi connectivity index (χ3v) is 7.36. The van der Waals surface area contributed by atoms with Crippen LogP contribution in [0.15, 0.2) is 66.7 Å². The van der Waals surface area contributed by atoms with Crippen LogP contribution in [0.25, 0.3) is 33.4 Å². The molecule has 4 aromatic rings. The predicted octanol–water partition coefficient (Wildman–Crippen LogP) is 8.14. The third kappa shape index (κ3) is 4.16. The quantitative estimate of drug-likeness (QED) is 0.279. The summed E-state index contributed by atoms with van der Waals surface area (Å²) in [6, 6.07) is 22.6. The highest BCUT2D eigenvalue weighted by Gasteiger charge is 2.17. The van der Waals surface area contributed by atoms with Crippen LogP contribution in [0, 0.1) is 19.7 Å². The van der Waals surface area contributed by atoms with Gasteiger partial charge in [-0.25, -0.2) is 4.39 Å². The number of methoxy groups -OCH3 is 1. The van der Waals surface area contributed by atoms with E-state index in [0.29, 0.717) is 11.8 Å². The molecule has 1 aliphatic carbocycles. The zero-order chi connectivity index (χ0) is 24.5. The molecular formula is C32H29FO2. The van der Waals surface area contributed by atoms with Gasteiger partial charge in [-0.15, -0.1) is 0 Å². The van der Waals surface area contributed by atoms with E-state index in [1.54, 1.807) is 6.07 Å². The maximum atomic E-state index is 14.7. The van der Waals surface area contributed by atoms with Gasteiger partial charge in [0.15, 0.2) is 6.29 Å². The maximum Gasteiger partial charge on any atom is 0.156 e. The van der Waals surface area contributed by atoms with Crippen LogP contribution in [-0.2, 0) is 12.8 Å². The lowest BCUT2D eigenvalue weighted by molar-refractivity contribution is 0.111. The van der Waals surface area contributed by atoms with Crippen molar-refractivity contribution in [2.24, 2.45) is 0 Å². The maximum absolute atomic E-state index is 14.7. The van der Waals surface area contributed by atoms with Crippen LogP contribution in [0.1, 0.15) is 45.5 Å². The molecule has 0 saturated carbocycles. The van der Waals surface area contributed by atoms with Gasteiger partial charge in [-0.2, -0.15) is 0 Å². The van der Waals surface area contributed by atoms with Crippen molar-refractivity contribution in [2.75, 3.05) is 7.11 Å². The lowest BCUT2D eigenvalue weighted by Crippen LogP contribution is -2.02. The zero-order valence-electron chi connectivity index (χ0n) is 20.5. The van der Waals surface area contributed by atoms with Gasteiger partial charge in [-0.3, -0.25) is 4.79 Å². The third-order valence-electron chi connectivity index (χ3n) is 7.36. The molecule has 0 saturated heterocycles. The van der Waals surface area contributed by atoms with Gasteiger partial charge in [-0.05, 0) is 107 Å². The lowest BCUT2D eigenvalue weighted by Gasteiger charge is -2.19. The minimum absolute atomic E-state index is 0.0568. The summed E-state index contributed by atoms with van der Waals surface area (Å²) in [7, 11) is 1.45. The number of hydrogen-bond donors (Lipinski definition) is 0. The van der Waals surface area contributed by atoms with E-state index >= 15 is 0 Å². The molecule has 0 aliphatic heterocycles. The Morgan fingerprint density at radius 3 is 1.97 bits per heavy atom. The number of carbonyl (C=O) groups excluding carboxylic acids is 1.